The van der Waals surface area contributed by atoms with Crippen molar-refractivity contribution in [3.8, 4) is 5.75 Å². The Labute approximate surface area is 127 Å². The summed E-state index contributed by atoms with van der Waals surface area (Å²) in [7, 11) is 2.83. The zero-order chi connectivity index (χ0) is 15.9. The average molecular weight is 304 g/mol. The first-order chi connectivity index (χ1) is 10.7. The Hall–Kier alpha value is -2.96. The molecule has 0 aliphatic heterocycles. The number of benzene rings is 1. The molecule has 2 N–H and O–H groups in total. The maximum atomic E-state index is 11.5. The summed E-state index contributed by atoms with van der Waals surface area (Å²) in [5.74, 6) is 0.543. The molecule has 0 aliphatic rings. The molecule has 1 aromatic carbocycles. The number of amidine groups is 1. The molecule has 0 bridgehead atoms. The molecule has 2 aromatic rings. The van der Waals surface area contributed by atoms with Gasteiger partial charge in [0.25, 0.3) is 0 Å². The third-order valence-electron chi connectivity index (χ3n) is 2.89. The second kappa shape index (κ2) is 7.16. The number of para-hydroxylation sites is 1. The lowest BCUT2D eigenvalue weighted by Crippen LogP contribution is -2.15. The number of ether oxygens (including phenoxy) is 2. The molecule has 1 heterocycles. The molecule has 0 radical (unpaired) electrons. The van der Waals surface area contributed by atoms with Crippen LogP contribution in [0.15, 0.2) is 46.2 Å². The maximum absolute atomic E-state index is 11.5. The van der Waals surface area contributed by atoms with Crippen LogP contribution in [0.2, 0.25) is 0 Å². The van der Waals surface area contributed by atoms with Gasteiger partial charge >= 0.3 is 5.97 Å². The van der Waals surface area contributed by atoms with E-state index in [1.54, 1.807) is 19.2 Å². The Morgan fingerprint density at radius 1 is 1.23 bits per heavy atom. The molecular formula is C15H16N2O5. The average Bonchev–Trinajstić information content (AvgIpc) is 3.02. The van der Waals surface area contributed by atoms with Crippen LogP contribution in [0.3, 0.4) is 0 Å². The number of esters is 1. The van der Waals surface area contributed by atoms with Crippen LogP contribution in [0.25, 0.3) is 0 Å². The van der Waals surface area contributed by atoms with Gasteiger partial charge in [-0.25, -0.2) is 4.79 Å². The number of furan rings is 1. The fourth-order valence-corrected chi connectivity index (χ4v) is 1.81. The van der Waals surface area contributed by atoms with Crippen LogP contribution >= 0.6 is 0 Å². The van der Waals surface area contributed by atoms with Gasteiger partial charge in [0.05, 0.1) is 26.0 Å². The van der Waals surface area contributed by atoms with Crippen molar-refractivity contribution in [1.29, 1.82) is 0 Å². The number of carbonyl (C=O) groups excluding carboxylic acids is 1. The molecule has 0 saturated heterocycles. The first-order valence-electron chi connectivity index (χ1n) is 6.41. The van der Waals surface area contributed by atoms with Gasteiger partial charge in [-0.05, 0) is 18.2 Å². The summed E-state index contributed by atoms with van der Waals surface area (Å²) in [5.41, 5.74) is 6.75. The van der Waals surface area contributed by atoms with Gasteiger partial charge in [0.15, 0.2) is 18.2 Å². The van der Waals surface area contributed by atoms with Crippen LogP contribution < -0.4 is 10.5 Å². The second-order valence-corrected chi connectivity index (χ2v) is 4.20. The summed E-state index contributed by atoms with van der Waals surface area (Å²) in [4.78, 5) is 16.6. The molecule has 0 unspecified atom stereocenters. The normalized spacial score (nSPS) is 11.1. The quantitative estimate of drug-likeness (QED) is 0.379. The summed E-state index contributed by atoms with van der Waals surface area (Å²) in [5, 5.41) is 3.81. The topological polar surface area (TPSA) is 96.3 Å². The van der Waals surface area contributed by atoms with E-state index in [1.807, 2.05) is 12.1 Å². The van der Waals surface area contributed by atoms with Gasteiger partial charge in [-0.3, -0.25) is 0 Å². The number of nitrogens with zero attached hydrogens (tertiary/aromatic N) is 1. The van der Waals surface area contributed by atoms with E-state index in [0.29, 0.717) is 17.1 Å². The third-order valence-corrected chi connectivity index (χ3v) is 2.89. The van der Waals surface area contributed by atoms with Crippen molar-refractivity contribution in [1.82, 2.24) is 0 Å². The van der Waals surface area contributed by atoms with Gasteiger partial charge in [0, 0.05) is 0 Å². The number of hydrogen-bond donors (Lipinski definition) is 1. The van der Waals surface area contributed by atoms with Crippen LogP contribution in [0.5, 0.6) is 5.75 Å². The minimum atomic E-state index is -0.506. The van der Waals surface area contributed by atoms with Crippen molar-refractivity contribution in [2.75, 3.05) is 14.2 Å². The van der Waals surface area contributed by atoms with Gasteiger partial charge in [0.2, 0.25) is 0 Å². The maximum Gasteiger partial charge on any atom is 0.341 e. The molecule has 7 nitrogen and oxygen atoms in total. The monoisotopic (exact) mass is 304 g/mol. The predicted octanol–water partition coefficient (Wildman–Crippen LogP) is 1.91. The van der Waals surface area contributed by atoms with Crippen LogP contribution in [0, 0.1) is 0 Å². The van der Waals surface area contributed by atoms with E-state index in [2.05, 4.69) is 9.89 Å². The van der Waals surface area contributed by atoms with Crippen molar-refractivity contribution >= 4 is 11.8 Å². The molecule has 0 atom stereocenters. The fraction of sp³-hybridized carbons (Fsp3) is 0.200. The number of nitrogens with two attached hydrogens (primary N) is 1. The summed E-state index contributed by atoms with van der Waals surface area (Å²) in [6.45, 7) is -0.0483. The first kappa shape index (κ1) is 15.4. The molecule has 116 valence electrons. The molecule has 0 fully saturated rings. The predicted molar refractivity (Wildman–Crippen MR) is 78.6 cm³/mol. The van der Waals surface area contributed by atoms with Crippen LogP contribution in [0.1, 0.15) is 21.7 Å². The van der Waals surface area contributed by atoms with Gasteiger partial charge in [-0.2, -0.15) is 0 Å². The summed E-state index contributed by atoms with van der Waals surface area (Å²) >= 11 is 0. The Kier molecular flexibility index (Phi) is 5.02. The van der Waals surface area contributed by atoms with Gasteiger partial charge in [0.1, 0.15) is 11.3 Å². The van der Waals surface area contributed by atoms with Crippen molar-refractivity contribution in [3.05, 3.63) is 53.5 Å². The van der Waals surface area contributed by atoms with Crippen molar-refractivity contribution in [2.24, 2.45) is 10.9 Å². The number of hydrogen-bond acceptors (Lipinski definition) is 6. The largest absolute Gasteiger partial charge is 0.496 e. The molecule has 0 saturated carbocycles. The number of methoxy groups -OCH3 is 2. The van der Waals surface area contributed by atoms with Crippen LogP contribution in [-0.4, -0.2) is 26.0 Å². The lowest BCUT2D eigenvalue weighted by Gasteiger charge is -2.07. The standard InChI is InChI=1S/C15H16N2O5/c1-19-12-6-4-3-5-10(12)14(16)17-22-9-13-11(7-8-21-13)15(18)20-2/h3-8H,9H2,1-2H3,(H2,16,17). The molecule has 2 rings (SSSR count). The first-order valence-corrected chi connectivity index (χ1v) is 6.41. The summed E-state index contributed by atoms with van der Waals surface area (Å²) in [6.07, 6.45) is 1.37. The zero-order valence-corrected chi connectivity index (χ0v) is 12.2. The Balaban J connectivity index is 2.06. The van der Waals surface area contributed by atoms with Gasteiger partial charge in [-0.1, -0.05) is 17.3 Å². The smallest absolute Gasteiger partial charge is 0.341 e. The minimum Gasteiger partial charge on any atom is -0.496 e. The minimum absolute atomic E-state index is 0.0483. The van der Waals surface area contributed by atoms with E-state index in [0.717, 1.165) is 0 Å². The lowest BCUT2D eigenvalue weighted by molar-refractivity contribution is 0.0587. The Bertz CT molecular complexity index is 678. The zero-order valence-electron chi connectivity index (χ0n) is 12.2. The molecule has 22 heavy (non-hydrogen) atoms. The van der Waals surface area contributed by atoms with Crippen molar-refractivity contribution in [3.63, 3.8) is 0 Å². The van der Waals surface area contributed by atoms with Crippen LogP contribution in [-0.2, 0) is 16.2 Å². The number of rotatable bonds is 6. The van der Waals surface area contributed by atoms with Gasteiger partial charge in [-0.15, -0.1) is 0 Å². The molecule has 1 aromatic heterocycles. The number of oxime groups is 1. The van der Waals surface area contributed by atoms with E-state index in [1.165, 1.54) is 19.4 Å². The Morgan fingerprint density at radius 3 is 2.73 bits per heavy atom. The second-order valence-electron chi connectivity index (χ2n) is 4.20. The highest BCUT2D eigenvalue weighted by molar-refractivity contribution is 5.99. The Morgan fingerprint density at radius 2 is 2.00 bits per heavy atom. The van der Waals surface area contributed by atoms with E-state index >= 15 is 0 Å². The molecule has 0 aliphatic carbocycles. The SMILES string of the molecule is COC(=O)c1ccoc1CO/N=C(\N)c1ccccc1OC. The molecule has 0 amide bonds. The van der Waals surface area contributed by atoms with E-state index in [-0.39, 0.29) is 18.0 Å². The van der Waals surface area contributed by atoms with E-state index in [4.69, 9.17) is 19.7 Å². The van der Waals surface area contributed by atoms with Gasteiger partial charge < -0.3 is 24.5 Å². The highest BCUT2D eigenvalue weighted by Crippen LogP contribution is 2.17. The third kappa shape index (κ3) is 3.38. The fourth-order valence-electron chi connectivity index (χ4n) is 1.81. The highest BCUT2D eigenvalue weighted by Gasteiger charge is 2.15. The summed E-state index contributed by atoms with van der Waals surface area (Å²) in [6, 6.07) is 8.65. The molecular weight excluding hydrogens is 288 g/mol. The molecule has 7 heteroatoms. The lowest BCUT2D eigenvalue weighted by atomic mass is 10.2. The summed E-state index contributed by atoms with van der Waals surface area (Å²) < 4.78 is 15.0. The van der Waals surface area contributed by atoms with E-state index < -0.39 is 5.97 Å². The van der Waals surface area contributed by atoms with Crippen molar-refractivity contribution in [2.45, 2.75) is 6.61 Å². The van der Waals surface area contributed by atoms with Crippen molar-refractivity contribution < 1.29 is 23.5 Å². The molecule has 0 spiro atoms. The highest BCUT2D eigenvalue weighted by atomic mass is 16.6. The van der Waals surface area contributed by atoms with E-state index in [9.17, 15) is 4.79 Å². The number of carbonyl (C=O) groups is 1. The van der Waals surface area contributed by atoms with Crippen LogP contribution in [0.4, 0.5) is 0 Å².